The molecule has 98 valence electrons. The first-order valence-corrected chi connectivity index (χ1v) is 5.68. The summed E-state index contributed by atoms with van der Waals surface area (Å²) in [6.45, 7) is 4.03. The number of nitrogens with zero attached hydrogens (tertiary/aromatic N) is 2. The maximum Gasteiger partial charge on any atom is 0.318 e. The number of likely N-dealkylation sites (tertiary alicyclic amines) is 1. The van der Waals surface area contributed by atoms with Crippen LogP contribution in [-0.2, 0) is 4.79 Å². The van der Waals surface area contributed by atoms with Crippen LogP contribution in [0.3, 0.4) is 0 Å². The summed E-state index contributed by atoms with van der Waals surface area (Å²) in [6.07, 6.45) is 1.59. The van der Waals surface area contributed by atoms with Crippen LogP contribution in [0.4, 0.5) is 4.79 Å². The van der Waals surface area contributed by atoms with Gasteiger partial charge < -0.3 is 19.7 Å². The normalized spacial score (nSPS) is 17.1. The number of hydrogen-bond donors (Lipinski definition) is 2. The molecule has 0 saturated carbocycles. The van der Waals surface area contributed by atoms with Gasteiger partial charge in [0.15, 0.2) is 0 Å². The average molecular weight is 253 g/mol. The molecule has 1 saturated heterocycles. The fourth-order valence-corrected chi connectivity index (χ4v) is 1.71. The maximum atomic E-state index is 11.7. The second-order valence-corrected chi connectivity index (χ2v) is 4.42. The zero-order valence-electron chi connectivity index (χ0n) is 10.2. The Kier molecular flexibility index (Phi) is 3.22. The first-order valence-electron chi connectivity index (χ1n) is 5.68. The molecule has 1 aromatic rings. The minimum Gasteiger partial charge on any atom is -0.481 e. The Labute approximate surface area is 104 Å². The summed E-state index contributed by atoms with van der Waals surface area (Å²) >= 11 is 0. The topological polar surface area (TPSA) is 95.7 Å². The van der Waals surface area contributed by atoms with E-state index in [1.165, 1.54) is 4.90 Å². The number of urea groups is 1. The predicted octanol–water partition coefficient (Wildman–Crippen LogP) is 0.770. The predicted molar refractivity (Wildman–Crippen MR) is 60.9 cm³/mol. The Morgan fingerprint density at radius 1 is 1.61 bits per heavy atom. The third kappa shape index (κ3) is 2.44. The van der Waals surface area contributed by atoms with Crippen molar-refractivity contribution in [2.45, 2.75) is 19.9 Å². The van der Waals surface area contributed by atoms with E-state index in [9.17, 15) is 9.59 Å². The standard InChI is InChI=1S/C11H15N3O4/c1-6-3-12-9(18-6)7(2)13-11(17)14-4-8(5-14)10(15)16/h3,7-8H,4-5H2,1-2H3,(H,13,17)(H,15,16). The molecule has 0 aromatic carbocycles. The Morgan fingerprint density at radius 2 is 2.28 bits per heavy atom. The summed E-state index contributed by atoms with van der Waals surface area (Å²) in [5.41, 5.74) is 0. The molecule has 18 heavy (non-hydrogen) atoms. The number of rotatable bonds is 3. The van der Waals surface area contributed by atoms with Gasteiger partial charge in [-0.15, -0.1) is 0 Å². The van der Waals surface area contributed by atoms with Crippen molar-refractivity contribution in [2.75, 3.05) is 13.1 Å². The van der Waals surface area contributed by atoms with Crippen molar-refractivity contribution in [3.63, 3.8) is 0 Å². The molecule has 1 atom stereocenters. The number of amides is 2. The molecule has 0 radical (unpaired) electrons. The summed E-state index contributed by atoms with van der Waals surface area (Å²) in [6, 6.07) is -0.633. The molecule has 0 bridgehead atoms. The number of nitrogens with one attached hydrogen (secondary N) is 1. The number of carboxylic acid groups (broad SMARTS) is 1. The molecule has 2 amide bonds. The zero-order chi connectivity index (χ0) is 13.3. The van der Waals surface area contributed by atoms with Gasteiger partial charge in [0.1, 0.15) is 11.8 Å². The Bertz CT molecular complexity index is 465. The Morgan fingerprint density at radius 3 is 2.78 bits per heavy atom. The van der Waals surface area contributed by atoms with Crippen molar-refractivity contribution < 1.29 is 19.1 Å². The van der Waals surface area contributed by atoms with Crippen molar-refractivity contribution in [3.8, 4) is 0 Å². The summed E-state index contributed by atoms with van der Waals surface area (Å²) in [5, 5.41) is 11.4. The molecular formula is C11H15N3O4. The van der Waals surface area contributed by atoms with Gasteiger partial charge in [-0.25, -0.2) is 9.78 Å². The fourth-order valence-electron chi connectivity index (χ4n) is 1.71. The van der Waals surface area contributed by atoms with E-state index in [0.717, 1.165) is 0 Å². The maximum absolute atomic E-state index is 11.7. The molecule has 0 aliphatic carbocycles. The SMILES string of the molecule is Cc1cnc(C(C)NC(=O)N2CC(C(=O)O)C2)o1. The van der Waals surface area contributed by atoms with Gasteiger partial charge in [-0.2, -0.15) is 0 Å². The van der Waals surface area contributed by atoms with Gasteiger partial charge in [-0.3, -0.25) is 4.79 Å². The molecule has 1 aromatic heterocycles. The first kappa shape index (κ1) is 12.4. The van der Waals surface area contributed by atoms with Crippen LogP contribution in [-0.4, -0.2) is 40.1 Å². The van der Waals surface area contributed by atoms with Gasteiger partial charge in [0.25, 0.3) is 0 Å². The molecule has 2 heterocycles. The average Bonchev–Trinajstić information content (AvgIpc) is 2.61. The van der Waals surface area contributed by atoms with Crippen LogP contribution >= 0.6 is 0 Å². The lowest BCUT2D eigenvalue weighted by atomic mass is 10.0. The largest absolute Gasteiger partial charge is 0.481 e. The van der Waals surface area contributed by atoms with Gasteiger partial charge in [0.2, 0.25) is 5.89 Å². The van der Waals surface area contributed by atoms with Crippen LogP contribution in [0.2, 0.25) is 0 Å². The molecule has 1 aliphatic rings. The number of hydrogen-bond acceptors (Lipinski definition) is 4. The number of carboxylic acids is 1. The van der Waals surface area contributed by atoms with Crippen LogP contribution in [0.1, 0.15) is 24.6 Å². The summed E-state index contributed by atoms with van der Waals surface area (Å²) in [7, 11) is 0. The molecule has 1 fully saturated rings. The van der Waals surface area contributed by atoms with E-state index < -0.39 is 11.9 Å². The number of carbonyl (C=O) groups is 2. The van der Waals surface area contributed by atoms with Gasteiger partial charge in [-0.05, 0) is 13.8 Å². The summed E-state index contributed by atoms with van der Waals surface area (Å²) < 4.78 is 5.30. The second-order valence-electron chi connectivity index (χ2n) is 4.42. The van der Waals surface area contributed by atoms with E-state index in [0.29, 0.717) is 11.7 Å². The van der Waals surface area contributed by atoms with Crippen molar-refractivity contribution in [3.05, 3.63) is 17.8 Å². The van der Waals surface area contributed by atoms with Crippen LogP contribution in [0.25, 0.3) is 0 Å². The monoisotopic (exact) mass is 253 g/mol. The minimum atomic E-state index is -0.865. The van der Waals surface area contributed by atoms with Crippen molar-refractivity contribution in [1.82, 2.24) is 15.2 Å². The van der Waals surface area contributed by atoms with E-state index in [2.05, 4.69) is 10.3 Å². The Balaban J connectivity index is 1.84. The summed E-state index contributed by atoms with van der Waals surface area (Å²) in [5.74, 6) is -0.192. The third-order valence-corrected chi connectivity index (χ3v) is 2.87. The van der Waals surface area contributed by atoms with Crippen LogP contribution < -0.4 is 5.32 Å². The number of oxazole rings is 1. The number of aryl methyl sites for hydroxylation is 1. The highest BCUT2D eigenvalue weighted by Gasteiger charge is 2.36. The lowest BCUT2D eigenvalue weighted by Gasteiger charge is -2.36. The van der Waals surface area contributed by atoms with E-state index in [1.54, 1.807) is 20.0 Å². The van der Waals surface area contributed by atoms with Crippen molar-refractivity contribution in [2.24, 2.45) is 5.92 Å². The first-order chi connectivity index (χ1) is 8.47. The highest BCUT2D eigenvalue weighted by atomic mass is 16.4. The molecule has 2 N–H and O–H groups in total. The van der Waals surface area contributed by atoms with Crippen molar-refractivity contribution >= 4 is 12.0 Å². The van der Waals surface area contributed by atoms with Crippen molar-refractivity contribution in [1.29, 1.82) is 0 Å². The quantitative estimate of drug-likeness (QED) is 0.829. The van der Waals surface area contributed by atoms with Gasteiger partial charge in [0, 0.05) is 13.1 Å². The minimum absolute atomic E-state index is 0.249. The molecule has 1 unspecified atom stereocenters. The van der Waals surface area contributed by atoms with E-state index in [4.69, 9.17) is 9.52 Å². The number of aliphatic carboxylic acids is 1. The number of aromatic nitrogens is 1. The molecule has 7 nitrogen and oxygen atoms in total. The molecule has 7 heteroatoms. The molecule has 0 spiro atoms. The molecule has 2 rings (SSSR count). The highest BCUT2D eigenvalue weighted by molar-refractivity contribution is 5.79. The smallest absolute Gasteiger partial charge is 0.318 e. The van der Waals surface area contributed by atoms with Gasteiger partial charge in [0.05, 0.1) is 12.1 Å². The van der Waals surface area contributed by atoms with Crippen LogP contribution in [0, 0.1) is 12.8 Å². The third-order valence-electron chi connectivity index (χ3n) is 2.87. The lowest BCUT2D eigenvalue weighted by Crippen LogP contribution is -2.56. The van der Waals surface area contributed by atoms with E-state index in [-0.39, 0.29) is 25.2 Å². The highest BCUT2D eigenvalue weighted by Crippen LogP contribution is 2.17. The Hall–Kier alpha value is -2.05. The van der Waals surface area contributed by atoms with Gasteiger partial charge in [-0.1, -0.05) is 0 Å². The molecule has 1 aliphatic heterocycles. The van der Waals surface area contributed by atoms with Crippen LogP contribution in [0.5, 0.6) is 0 Å². The lowest BCUT2D eigenvalue weighted by molar-refractivity contribution is -0.146. The summed E-state index contributed by atoms with van der Waals surface area (Å²) in [4.78, 5) is 27.8. The molecular weight excluding hydrogens is 238 g/mol. The fraction of sp³-hybridized carbons (Fsp3) is 0.545. The van der Waals surface area contributed by atoms with E-state index >= 15 is 0 Å². The van der Waals surface area contributed by atoms with Gasteiger partial charge >= 0.3 is 12.0 Å². The zero-order valence-corrected chi connectivity index (χ0v) is 10.2. The number of carbonyl (C=O) groups excluding carboxylic acids is 1. The second kappa shape index (κ2) is 4.67. The van der Waals surface area contributed by atoms with E-state index in [1.807, 2.05) is 0 Å². The van der Waals surface area contributed by atoms with Crippen LogP contribution in [0.15, 0.2) is 10.6 Å².